The molecule has 3 N–H and O–H groups in total. The summed E-state index contributed by atoms with van der Waals surface area (Å²) in [7, 11) is 0. The van der Waals surface area contributed by atoms with E-state index in [0.29, 0.717) is 6.54 Å². The molecule has 0 aliphatic rings. The summed E-state index contributed by atoms with van der Waals surface area (Å²) in [6, 6.07) is 3.68. The maximum absolute atomic E-state index is 11.4. The lowest BCUT2D eigenvalue weighted by molar-refractivity contribution is -0.140. The van der Waals surface area contributed by atoms with Crippen LogP contribution in [0.25, 0.3) is 0 Å². The van der Waals surface area contributed by atoms with E-state index in [9.17, 15) is 9.59 Å². The van der Waals surface area contributed by atoms with Crippen molar-refractivity contribution in [2.75, 3.05) is 0 Å². The zero-order valence-electron chi connectivity index (χ0n) is 8.49. The second-order valence-electron chi connectivity index (χ2n) is 3.41. The number of H-pyrrole nitrogens is 1. The molecule has 1 aromatic rings. The van der Waals surface area contributed by atoms with E-state index in [1.807, 2.05) is 12.1 Å². The summed E-state index contributed by atoms with van der Waals surface area (Å²) < 4.78 is 0. The van der Waals surface area contributed by atoms with E-state index in [1.54, 1.807) is 13.1 Å². The van der Waals surface area contributed by atoms with E-state index in [0.717, 1.165) is 5.69 Å². The number of aromatic nitrogens is 1. The van der Waals surface area contributed by atoms with Crippen LogP contribution in [0.15, 0.2) is 18.3 Å². The second-order valence-corrected chi connectivity index (χ2v) is 3.41. The third-order valence-electron chi connectivity index (χ3n) is 2.04. The average molecular weight is 210 g/mol. The van der Waals surface area contributed by atoms with Gasteiger partial charge in [0.15, 0.2) is 0 Å². The number of carbonyl (C=O) groups excluding carboxylic acids is 1. The first-order valence-electron chi connectivity index (χ1n) is 4.71. The molecule has 0 saturated heterocycles. The molecule has 15 heavy (non-hydrogen) atoms. The number of rotatable bonds is 5. The fourth-order valence-corrected chi connectivity index (χ4v) is 1.19. The topological polar surface area (TPSA) is 82.2 Å². The normalized spacial score (nSPS) is 12.1. The lowest BCUT2D eigenvalue weighted by Crippen LogP contribution is -2.30. The van der Waals surface area contributed by atoms with Crippen LogP contribution < -0.4 is 5.32 Å². The van der Waals surface area contributed by atoms with Gasteiger partial charge in [-0.15, -0.1) is 0 Å². The van der Waals surface area contributed by atoms with E-state index in [2.05, 4.69) is 10.3 Å². The monoisotopic (exact) mass is 210 g/mol. The Labute approximate surface area is 87.5 Å². The van der Waals surface area contributed by atoms with Crippen molar-refractivity contribution in [3.63, 3.8) is 0 Å². The number of amides is 1. The van der Waals surface area contributed by atoms with E-state index >= 15 is 0 Å². The van der Waals surface area contributed by atoms with E-state index < -0.39 is 11.9 Å². The first-order valence-corrected chi connectivity index (χ1v) is 4.71. The predicted molar refractivity (Wildman–Crippen MR) is 54.1 cm³/mol. The van der Waals surface area contributed by atoms with Crippen molar-refractivity contribution in [3.8, 4) is 0 Å². The Kier molecular flexibility index (Phi) is 3.91. The predicted octanol–water partition coefficient (Wildman–Crippen LogP) is 0.742. The van der Waals surface area contributed by atoms with Crippen molar-refractivity contribution in [2.45, 2.75) is 19.9 Å². The molecule has 0 saturated carbocycles. The zero-order valence-corrected chi connectivity index (χ0v) is 8.49. The lowest BCUT2D eigenvalue weighted by atomic mass is 10.1. The number of carbonyl (C=O) groups is 2. The maximum atomic E-state index is 11.4. The molecule has 1 aromatic heterocycles. The van der Waals surface area contributed by atoms with E-state index in [1.165, 1.54) is 0 Å². The van der Waals surface area contributed by atoms with E-state index in [-0.39, 0.29) is 12.3 Å². The van der Waals surface area contributed by atoms with Crippen LogP contribution in [0.4, 0.5) is 0 Å². The van der Waals surface area contributed by atoms with Gasteiger partial charge in [0.2, 0.25) is 5.91 Å². The van der Waals surface area contributed by atoms with E-state index in [4.69, 9.17) is 5.11 Å². The minimum Gasteiger partial charge on any atom is -0.481 e. The fourth-order valence-electron chi connectivity index (χ4n) is 1.19. The molecule has 0 fully saturated rings. The van der Waals surface area contributed by atoms with Gasteiger partial charge in [0.25, 0.3) is 0 Å². The number of hydrogen-bond acceptors (Lipinski definition) is 2. The molecular weight excluding hydrogens is 196 g/mol. The summed E-state index contributed by atoms with van der Waals surface area (Å²) in [6.07, 6.45) is 1.62. The minimum absolute atomic E-state index is 0.142. The Bertz CT molecular complexity index is 332. The molecule has 5 heteroatoms. The molecule has 0 spiro atoms. The minimum atomic E-state index is -0.961. The molecule has 1 rings (SSSR count). The van der Waals surface area contributed by atoms with Gasteiger partial charge in [0.05, 0.1) is 13.0 Å². The number of hydrogen-bond donors (Lipinski definition) is 3. The van der Waals surface area contributed by atoms with Gasteiger partial charge in [-0.25, -0.2) is 0 Å². The zero-order chi connectivity index (χ0) is 11.3. The SMILES string of the molecule is CC(CC(=O)O)C(=O)NCc1ccc[nH]1. The smallest absolute Gasteiger partial charge is 0.304 e. The first-order chi connectivity index (χ1) is 7.09. The van der Waals surface area contributed by atoms with Crippen LogP contribution in [0.3, 0.4) is 0 Å². The summed E-state index contributed by atoms with van der Waals surface area (Å²) in [5.74, 6) is -1.71. The van der Waals surface area contributed by atoms with Gasteiger partial charge < -0.3 is 15.4 Å². The van der Waals surface area contributed by atoms with Gasteiger partial charge in [-0.2, -0.15) is 0 Å². The van der Waals surface area contributed by atoms with Crippen LogP contribution in [-0.4, -0.2) is 22.0 Å². The van der Waals surface area contributed by atoms with Crippen molar-refractivity contribution in [1.29, 1.82) is 0 Å². The van der Waals surface area contributed by atoms with Crippen LogP contribution in [0.5, 0.6) is 0 Å². The largest absolute Gasteiger partial charge is 0.481 e. The molecule has 0 aliphatic heterocycles. The number of aliphatic carboxylic acids is 1. The van der Waals surface area contributed by atoms with Crippen molar-refractivity contribution < 1.29 is 14.7 Å². The Morgan fingerprint density at radius 1 is 1.60 bits per heavy atom. The molecule has 82 valence electrons. The molecule has 1 amide bonds. The highest BCUT2D eigenvalue weighted by molar-refractivity contribution is 5.82. The highest BCUT2D eigenvalue weighted by Crippen LogP contribution is 2.02. The van der Waals surface area contributed by atoms with Crippen molar-refractivity contribution in [3.05, 3.63) is 24.0 Å². The maximum Gasteiger partial charge on any atom is 0.304 e. The van der Waals surface area contributed by atoms with Gasteiger partial charge in [-0.05, 0) is 12.1 Å². The van der Waals surface area contributed by atoms with Gasteiger partial charge >= 0.3 is 5.97 Å². The first kappa shape index (κ1) is 11.3. The molecule has 0 radical (unpaired) electrons. The molecule has 1 unspecified atom stereocenters. The number of carboxylic acids is 1. The Balaban J connectivity index is 2.32. The highest BCUT2D eigenvalue weighted by atomic mass is 16.4. The lowest BCUT2D eigenvalue weighted by Gasteiger charge is -2.08. The van der Waals surface area contributed by atoms with Gasteiger partial charge in [0, 0.05) is 17.8 Å². The fraction of sp³-hybridized carbons (Fsp3) is 0.400. The van der Waals surface area contributed by atoms with Gasteiger partial charge in [-0.1, -0.05) is 6.92 Å². The quantitative estimate of drug-likeness (QED) is 0.670. The highest BCUT2D eigenvalue weighted by Gasteiger charge is 2.15. The van der Waals surface area contributed by atoms with Crippen LogP contribution in [-0.2, 0) is 16.1 Å². The summed E-state index contributed by atoms with van der Waals surface area (Å²) in [5, 5.41) is 11.2. The number of aromatic amines is 1. The average Bonchev–Trinajstić information content (AvgIpc) is 2.65. The molecule has 1 heterocycles. The van der Waals surface area contributed by atoms with Gasteiger partial charge in [-0.3, -0.25) is 9.59 Å². The summed E-state index contributed by atoms with van der Waals surface area (Å²) in [4.78, 5) is 24.7. The second kappa shape index (κ2) is 5.19. The van der Waals surface area contributed by atoms with Crippen molar-refractivity contribution in [1.82, 2.24) is 10.3 Å². The molecule has 0 aromatic carbocycles. The van der Waals surface area contributed by atoms with Crippen LogP contribution in [0, 0.1) is 5.92 Å². The van der Waals surface area contributed by atoms with Crippen LogP contribution >= 0.6 is 0 Å². The molecular formula is C10H14N2O3. The molecule has 0 bridgehead atoms. The summed E-state index contributed by atoms with van der Waals surface area (Å²) in [5.41, 5.74) is 0.894. The Hall–Kier alpha value is -1.78. The third-order valence-corrected chi connectivity index (χ3v) is 2.04. The standard InChI is InChI=1S/C10H14N2O3/c1-7(5-9(13)14)10(15)12-6-8-3-2-4-11-8/h2-4,7,11H,5-6H2,1H3,(H,12,15)(H,13,14). The molecule has 1 atom stereocenters. The Morgan fingerprint density at radius 2 is 2.33 bits per heavy atom. The van der Waals surface area contributed by atoms with Crippen LogP contribution in [0.2, 0.25) is 0 Å². The third kappa shape index (κ3) is 3.84. The molecule has 0 aliphatic carbocycles. The number of carboxylic acid groups (broad SMARTS) is 1. The van der Waals surface area contributed by atoms with Crippen molar-refractivity contribution >= 4 is 11.9 Å². The van der Waals surface area contributed by atoms with Gasteiger partial charge in [0.1, 0.15) is 0 Å². The van der Waals surface area contributed by atoms with Crippen LogP contribution in [0.1, 0.15) is 19.0 Å². The molecule has 5 nitrogen and oxygen atoms in total. The Morgan fingerprint density at radius 3 is 2.87 bits per heavy atom. The van der Waals surface area contributed by atoms with Crippen molar-refractivity contribution in [2.24, 2.45) is 5.92 Å². The summed E-state index contributed by atoms with van der Waals surface area (Å²) in [6.45, 7) is 1.99. The summed E-state index contributed by atoms with van der Waals surface area (Å²) >= 11 is 0. The number of nitrogens with one attached hydrogen (secondary N) is 2.